The van der Waals surface area contributed by atoms with Crippen LogP contribution in [0.5, 0.6) is 0 Å². The number of pyridine rings is 1. The molecule has 2 aromatic rings. The van der Waals surface area contributed by atoms with E-state index in [4.69, 9.17) is 0 Å². The first kappa shape index (κ1) is 12.4. The Balaban J connectivity index is 1.76. The van der Waals surface area contributed by atoms with Gasteiger partial charge in [-0.2, -0.15) is 0 Å². The number of likely N-dealkylation sites (tertiary alicyclic amines) is 1. The van der Waals surface area contributed by atoms with Gasteiger partial charge in [-0.25, -0.2) is 0 Å². The van der Waals surface area contributed by atoms with Crippen molar-refractivity contribution in [2.45, 2.75) is 25.8 Å². The van der Waals surface area contributed by atoms with Gasteiger partial charge in [-0.1, -0.05) is 6.07 Å². The van der Waals surface area contributed by atoms with Crippen LogP contribution in [0.2, 0.25) is 0 Å². The number of anilines is 1. The van der Waals surface area contributed by atoms with Crippen molar-refractivity contribution in [1.29, 1.82) is 0 Å². The SMILES string of the molecule is Cc1ccc2cc(NC3CCN(C)CC3)ccc2n1. The fraction of sp³-hybridized carbons (Fsp3) is 0.438. The average molecular weight is 255 g/mol. The molecule has 0 atom stereocenters. The molecule has 1 aromatic heterocycles. The molecular formula is C16H21N3. The van der Waals surface area contributed by atoms with Crippen molar-refractivity contribution in [2.75, 3.05) is 25.5 Å². The molecule has 0 aliphatic carbocycles. The summed E-state index contributed by atoms with van der Waals surface area (Å²) in [6.07, 6.45) is 2.45. The number of hydrogen-bond donors (Lipinski definition) is 1. The van der Waals surface area contributed by atoms with E-state index >= 15 is 0 Å². The minimum Gasteiger partial charge on any atom is -0.382 e. The first-order valence-electron chi connectivity index (χ1n) is 7.03. The van der Waals surface area contributed by atoms with Crippen LogP contribution in [0.4, 0.5) is 5.69 Å². The quantitative estimate of drug-likeness (QED) is 0.894. The van der Waals surface area contributed by atoms with Crippen molar-refractivity contribution < 1.29 is 0 Å². The molecule has 3 nitrogen and oxygen atoms in total. The smallest absolute Gasteiger partial charge is 0.0706 e. The highest BCUT2D eigenvalue weighted by molar-refractivity contribution is 5.82. The van der Waals surface area contributed by atoms with Crippen LogP contribution < -0.4 is 5.32 Å². The monoisotopic (exact) mass is 255 g/mol. The summed E-state index contributed by atoms with van der Waals surface area (Å²) in [4.78, 5) is 6.93. The summed E-state index contributed by atoms with van der Waals surface area (Å²) < 4.78 is 0. The van der Waals surface area contributed by atoms with E-state index in [2.05, 4.69) is 52.6 Å². The van der Waals surface area contributed by atoms with Crippen molar-refractivity contribution in [2.24, 2.45) is 0 Å². The van der Waals surface area contributed by atoms with Crippen LogP contribution >= 0.6 is 0 Å². The lowest BCUT2D eigenvalue weighted by Crippen LogP contribution is -2.36. The van der Waals surface area contributed by atoms with Crippen LogP contribution in [-0.4, -0.2) is 36.1 Å². The largest absolute Gasteiger partial charge is 0.382 e. The average Bonchev–Trinajstić information content (AvgIpc) is 2.42. The third kappa shape index (κ3) is 2.87. The summed E-state index contributed by atoms with van der Waals surface area (Å²) in [5.41, 5.74) is 3.37. The van der Waals surface area contributed by atoms with E-state index in [-0.39, 0.29) is 0 Å². The zero-order valence-electron chi connectivity index (χ0n) is 11.7. The fourth-order valence-electron chi connectivity index (χ4n) is 2.71. The number of hydrogen-bond acceptors (Lipinski definition) is 3. The van der Waals surface area contributed by atoms with E-state index < -0.39 is 0 Å². The Morgan fingerprint density at radius 3 is 2.74 bits per heavy atom. The van der Waals surface area contributed by atoms with E-state index in [0.717, 1.165) is 11.2 Å². The van der Waals surface area contributed by atoms with Crippen LogP contribution in [-0.2, 0) is 0 Å². The van der Waals surface area contributed by atoms with E-state index in [1.54, 1.807) is 0 Å². The minimum absolute atomic E-state index is 0.604. The summed E-state index contributed by atoms with van der Waals surface area (Å²) >= 11 is 0. The molecule has 1 aliphatic rings. The lowest BCUT2D eigenvalue weighted by molar-refractivity contribution is 0.264. The predicted octanol–water partition coefficient (Wildman–Crippen LogP) is 3.05. The number of piperidine rings is 1. The summed E-state index contributed by atoms with van der Waals surface area (Å²) in [6.45, 7) is 4.40. The Morgan fingerprint density at radius 2 is 1.95 bits per heavy atom. The summed E-state index contributed by atoms with van der Waals surface area (Å²) in [5, 5.41) is 4.87. The number of benzene rings is 1. The molecule has 100 valence electrons. The standard InChI is InChI=1S/C16H21N3/c1-12-3-4-13-11-15(5-6-16(13)17-12)18-14-7-9-19(2)10-8-14/h3-6,11,14,18H,7-10H2,1-2H3. The number of nitrogens with zero attached hydrogens (tertiary/aromatic N) is 2. The maximum atomic E-state index is 4.54. The van der Waals surface area contributed by atoms with E-state index in [1.165, 1.54) is 37.0 Å². The number of nitrogens with one attached hydrogen (secondary N) is 1. The van der Waals surface area contributed by atoms with Crippen LogP contribution in [0, 0.1) is 6.92 Å². The molecule has 3 heteroatoms. The van der Waals surface area contributed by atoms with E-state index in [0.29, 0.717) is 6.04 Å². The van der Waals surface area contributed by atoms with Crippen LogP contribution in [0.15, 0.2) is 30.3 Å². The van der Waals surface area contributed by atoms with Crippen molar-refractivity contribution in [1.82, 2.24) is 9.88 Å². The van der Waals surface area contributed by atoms with Crippen molar-refractivity contribution >= 4 is 16.6 Å². The Hall–Kier alpha value is -1.61. The molecule has 1 fully saturated rings. The molecule has 19 heavy (non-hydrogen) atoms. The van der Waals surface area contributed by atoms with Crippen molar-refractivity contribution in [3.63, 3.8) is 0 Å². The van der Waals surface area contributed by atoms with Crippen molar-refractivity contribution in [3.8, 4) is 0 Å². The summed E-state index contributed by atoms with van der Waals surface area (Å²) in [5.74, 6) is 0. The molecule has 0 unspecified atom stereocenters. The normalized spacial score (nSPS) is 17.8. The molecule has 2 heterocycles. The fourth-order valence-corrected chi connectivity index (χ4v) is 2.71. The molecule has 0 spiro atoms. The number of aryl methyl sites for hydroxylation is 1. The highest BCUT2D eigenvalue weighted by Gasteiger charge is 2.16. The van der Waals surface area contributed by atoms with Gasteiger partial charge in [0, 0.05) is 22.8 Å². The van der Waals surface area contributed by atoms with Gasteiger partial charge in [-0.05, 0) is 64.2 Å². The predicted molar refractivity (Wildman–Crippen MR) is 80.6 cm³/mol. The third-order valence-electron chi connectivity index (χ3n) is 3.92. The summed E-state index contributed by atoms with van der Waals surface area (Å²) in [6, 6.07) is 11.3. The van der Waals surface area contributed by atoms with Gasteiger partial charge < -0.3 is 10.2 Å². The molecule has 0 radical (unpaired) electrons. The van der Waals surface area contributed by atoms with Gasteiger partial charge in [-0.15, -0.1) is 0 Å². The number of aromatic nitrogens is 1. The Labute approximate surface area is 114 Å². The Morgan fingerprint density at radius 1 is 1.16 bits per heavy atom. The van der Waals surface area contributed by atoms with Gasteiger partial charge >= 0.3 is 0 Å². The van der Waals surface area contributed by atoms with Gasteiger partial charge in [0.2, 0.25) is 0 Å². The third-order valence-corrected chi connectivity index (χ3v) is 3.92. The maximum Gasteiger partial charge on any atom is 0.0706 e. The van der Waals surface area contributed by atoms with Gasteiger partial charge in [0.05, 0.1) is 5.52 Å². The molecule has 1 saturated heterocycles. The van der Waals surface area contributed by atoms with Gasteiger partial charge in [0.15, 0.2) is 0 Å². The van der Waals surface area contributed by atoms with Crippen LogP contribution in [0.25, 0.3) is 10.9 Å². The second-order valence-corrected chi connectivity index (χ2v) is 5.58. The summed E-state index contributed by atoms with van der Waals surface area (Å²) in [7, 11) is 2.19. The van der Waals surface area contributed by atoms with Gasteiger partial charge in [0.25, 0.3) is 0 Å². The molecule has 0 bridgehead atoms. The molecular weight excluding hydrogens is 234 g/mol. The lowest BCUT2D eigenvalue weighted by Gasteiger charge is -2.30. The second-order valence-electron chi connectivity index (χ2n) is 5.58. The van der Waals surface area contributed by atoms with E-state index in [9.17, 15) is 0 Å². The number of fused-ring (bicyclic) bond motifs is 1. The van der Waals surface area contributed by atoms with Crippen LogP contribution in [0.3, 0.4) is 0 Å². The Kier molecular flexibility index (Phi) is 3.38. The topological polar surface area (TPSA) is 28.2 Å². The lowest BCUT2D eigenvalue weighted by atomic mass is 10.0. The second kappa shape index (κ2) is 5.17. The highest BCUT2D eigenvalue weighted by Crippen LogP contribution is 2.21. The van der Waals surface area contributed by atoms with Crippen LogP contribution in [0.1, 0.15) is 18.5 Å². The zero-order chi connectivity index (χ0) is 13.2. The van der Waals surface area contributed by atoms with E-state index in [1.807, 2.05) is 6.92 Å². The highest BCUT2D eigenvalue weighted by atomic mass is 15.1. The molecule has 1 aliphatic heterocycles. The molecule has 3 rings (SSSR count). The van der Waals surface area contributed by atoms with Gasteiger partial charge in [0.1, 0.15) is 0 Å². The molecule has 0 amide bonds. The molecule has 0 saturated carbocycles. The van der Waals surface area contributed by atoms with Crippen molar-refractivity contribution in [3.05, 3.63) is 36.0 Å². The first-order valence-corrected chi connectivity index (χ1v) is 7.03. The Bertz CT molecular complexity index is 571. The molecule has 1 N–H and O–H groups in total. The maximum absolute atomic E-state index is 4.54. The first-order chi connectivity index (χ1) is 9.20. The minimum atomic E-state index is 0.604. The number of rotatable bonds is 2. The zero-order valence-corrected chi connectivity index (χ0v) is 11.7. The molecule has 1 aromatic carbocycles. The van der Waals surface area contributed by atoms with Gasteiger partial charge in [-0.3, -0.25) is 4.98 Å².